The molecule has 0 amide bonds. The van der Waals surface area contributed by atoms with Gasteiger partial charge in [0, 0.05) is 6.42 Å². The van der Waals surface area contributed by atoms with Crippen LogP contribution in [0.2, 0.25) is 0 Å². The van der Waals surface area contributed by atoms with Crippen LogP contribution in [0.1, 0.15) is 155 Å². The van der Waals surface area contributed by atoms with Crippen molar-refractivity contribution in [3.63, 3.8) is 0 Å². The Morgan fingerprint density at radius 2 is 1.27 bits per heavy atom. The van der Waals surface area contributed by atoms with E-state index in [0.29, 0.717) is 23.9 Å². The van der Waals surface area contributed by atoms with Gasteiger partial charge >= 0.3 is 5.97 Å². The summed E-state index contributed by atoms with van der Waals surface area (Å²) in [5, 5.41) is 9.77. The van der Waals surface area contributed by atoms with Crippen LogP contribution in [0.5, 0.6) is 0 Å². The molecule has 56 heavy (non-hydrogen) atoms. The standard InChI is InChI=1S/C46H82NO8P/c1-6-8-10-11-12-13-14-15-16-17-20-23-26-29-32-35-40-52-45(43-55-56(50,51)54-41-39-47(3,4)5)42-53-46(49)38-34-31-28-25-22-19-18-21-24-27-30-33-37-44(48)36-9-7-2/h9,18-19,24-25,27-28,30,33,35-36,40,44-45,48H,6-8,10-17,20-23,26,29,31-32,34,37-39,41-43H2,1-5H3/b19-18-,27-24-,28-25-,33-30+,36-9-,40-35+/t44?,45-/m1/s1. The highest BCUT2D eigenvalue weighted by Gasteiger charge is 2.19. The number of hydrogen-bond acceptors (Lipinski definition) is 8. The van der Waals surface area contributed by atoms with Crippen molar-refractivity contribution in [1.82, 2.24) is 0 Å². The van der Waals surface area contributed by atoms with Gasteiger partial charge in [-0.2, -0.15) is 0 Å². The number of rotatable bonds is 39. The molecular weight excluding hydrogens is 725 g/mol. The normalized spacial score (nSPS) is 15.0. The minimum absolute atomic E-state index is 0.00855. The van der Waals surface area contributed by atoms with E-state index in [9.17, 15) is 19.4 Å². The van der Waals surface area contributed by atoms with E-state index in [1.807, 2.05) is 64.5 Å². The van der Waals surface area contributed by atoms with Crippen LogP contribution in [0.3, 0.4) is 0 Å². The number of phosphoric acid groups is 1. The maximum atomic E-state index is 12.5. The predicted octanol–water partition coefficient (Wildman–Crippen LogP) is 11.4. The van der Waals surface area contributed by atoms with Gasteiger partial charge in [-0.15, -0.1) is 0 Å². The molecule has 0 bridgehead atoms. The van der Waals surface area contributed by atoms with Crippen LogP contribution in [0, 0.1) is 0 Å². The third kappa shape index (κ3) is 41.4. The minimum atomic E-state index is -4.54. The SMILES string of the molecule is CC/C=C\C(O)C/C=C/C=C\C/C=C\C/C=C\CCCC(=O)OC[C@H](COP(=O)([O-])OCC[N+](C)(C)C)O/C=C/CCCCCCCCCCCCCCCC. The van der Waals surface area contributed by atoms with E-state index < -0.39 is 20.0 Å². The third-order valence-electron chi connectivity index (χ3n) is 8.94. The lowest BCUT2D eigenvalue weighted by Gasteiger charge is -2.28. The number of allylic oxidation sites excluding steroid dienone is 9. The average Bonchev–Trinajstić information content (AvgIpc) is 3.15. The van der Waals surface area contributed by atoms with E-state index in [1.54, 1.807) is 6.26 Å². The van der Waals surface area contributed by atoms with Crippen molar-refractivity contribution in [2.75, 3.05) is 47.5 Å². The molecule has 324 valence electrons. The summed E-state index contributed by atoms with van der Waals surface area (Å²) in [5.74, 6) is -0.365. The fraction of sp³-hybridized carbons (Fsp3) is 0.717. The number of ether oxygens (including phenoxy) is 2. The maximum Gasteiger partial charge on any atom is 0.305 e. The topological polar surface area (TPSA) is 114 Å². The lowest BCUT2D eigenvalue weighted by atomic mass is 10.0. The summed E-state index contributed by atoms with van der Waals surface area (Å²) in [5.41, 5.74) is 0. The molecule has 0 saturated carbocycles. The van der Waals surface area contributed by atoms with Gasteiger partial charge in [0.1, 0.15) is 19.8 Å². The Kier molecular flexibility index (Phi) is 36.7. The summed E-state index contributed by atoms with van der Waals surface area (Å²) in [7, 11) is 1.30. The van der Waals surface area contributed by atoms with E-state index in [0.717, 1.165) is 38.5 Å². The molecule has 0 aliphatic carbocycles. The number of phosphoric ester groups is 1. The lowest BCUT2D eigenvalue weighted by molar-refractivity contribution is -0.870. The Bertz CT molecular complexity index is 1140. The van der Waals surface area contributed by atoms with Crippen LogP contribution in [-0.4, -0.2) is 75.3 Å². The van der Waals surface area contributed by atoms with E-state index in [2.05, 4.69) is 37.3 Å². The number of hydrogen-bond donors (Lipinski definition) is 1. The molecule has 0 aromatic carbocycles. The van der Waals surface area contributed by atoms with Crippen LogP contribution in [0.25, 0.3) is 0 Å². The number of carbonyl (C=O) groups excluding carboxylic acids is 1. The molecule has 0 saturated heterocycles. The summed E-state index contributed by atoms with van der Waals surface area (Å²) in [6.45, 7) is 4.38. The number of likely N-dealkylation sites (N-methyl/N-ethyl adjacent to an activating group) is 1. The fourth-order valence-corrected chi connectivity index (χ4v) is 6.20. The van der Waals surface area contributed by atoms with Crippen LogP contribution < -0.4 is 4.89 Å². The van der Waals surface area contributed by atoms with Crippen molar-refractivity contribution >= 4 is 13.8 Å². The number of esters is 1. The molecule has 0 radical (unpaired) electrons. The highest BCUT2D eigenvalue weighted by atomic mass is 31.2. The molecular formula is C46H82NO8P. The monoisotopic (exact) mass is 808 g/mol. The first kappa shape index (κ1) is 53.7. The molecule has 0 aliphatic rings. The summed E-state index contributed by atoms with van der Waals surface area (Å²) in [4.78, 5) is 24.8. The Morgan fingerprint density at radius 3 is 1.89 bits per heavy atom. The van der Waals surface area contributed by atoms with Crippen molar-refractivity contribution in [3.8, 4) is 0 Å². The highest BCUT2D eigenvalue weighted by molar-refractivity contribution is 7.45. The van der Waals surface area contributed by atoms with Gasteiger partial charge in [-0.3, -0.25) is 9.36 Å². The molecule has 9 nitrogen and oxygen atoms in total. The van der Waals surface area contributed by atoms with Gasteiger partial charge in [-0.05, 0) is 57.4 Å². The zero-order valence-corrected chi connectivity index (χ0v) is 37.1. The predicted molar refractivity (Wildman–Crippen MR) is 232 cm³/mol. The zero-order valence-electron chi connectivity index (χ0n) is 36.2. The van der Waals surface area contributed by atoms with Gasteiger partial charge in [-0.25, -0.2) is 0 Å². The van der Waals surface area contributed by atoms with Gasteiger partial charge in [0.05, 0.1) is 40.1 Å². The van der Waals surface area contributed by atoms with E-state index in [4.69, 9.17) is 18.5 Å². The molecule has 0 rings (SSSR count). The second kappa shape index (κ2) is 38.3. The third-order valence-corrected chi connectivity index (χ3v) is 9.90. The molecule has 2 unspecified atom stereocenters. The Hall–Kier alpha value is -2.26. The first-order chi connectivity index (χ1) is 27.0. The average molecular weight is 808 g/mol. The van der Waals surface area contributed by atoms with E-state index in [-0.39, 0.29) is 32.2 Å². The second-order valence-electron chi connectivity index (χ2n) is 15.6. The van der Waals surface area contributed by atoms with Crippen LogP contribution in [0.4, 0.5) is 0 Å². The van der Waals surface area contributed by atoms with Crippen molar-refractivity contribution in [2.45, 2.75) is 167 Å². The zero-order chi connectivity index (χ0) is 41.4. The molecule has 0 fully saturated rings. The summed E-state index contributed by atoms with van der Waals surface area (Å²) in [6, 6.07) is 0. The van der Waals surface area contributed by atoms with Gasteiger partial charge in [-0.1, -0.05) is 158 Å². The van der Waals surface area contributed by atoms with Gasteiger partial charge in [0.25, 0.3) is 7.82 Å². The maximum absolute atomic E-state index is 12.5. The fourth-order valence-electron chi connectivity index (χ4n) is 5.47. The summed E-state index contributed by atoms with van der Waals surface area (Å²) in [6.07, 6.45) is 46.5. The number of unbranched alkanes of at least 4 members (excludes halogenated alkanes) is 15. The number of nitrogens with zero attached hydrogens (tertiary/aromatic N) is 1. The van der Waals surface area contributed by atoms with Crippen molar-refractivity contribution in [3.05, 3.63) is 73.1 Å². The number of aliphatic hydroxyl groups excluding tert-OH is 1. The Morgan fingerprint density at radius 1 is 0.696 bits per heavy atom. The highest BCUT2D eigenvalue weighted by Crippen LogP contribution is 2.38. The minimum Gasteiger partial charge on any atom is -0.756 e. The molecule has 0 heterocycles. The van der Waals surface area contributed by atoms with Crippen LogP contribution in [-0.2, 0) is 27.9 Å². The van der Waals surface area contributed by atoms with Crippen molar-refractivity contribution < 1.29 is 42.4 Å². The number of carbonyl (C=O) groups is 1. The first-order valence-corrected chi connectivity index (χ1v) is 23.3. The molecule has 1 N–H and O–H groups in total. The van der Waals surface area contributed by atoms with Crippen LogP contribution >= 0.6 is 7.82 Å². The molecule has 3 atom stereocenters. The Labute approximate surface area is 343 Å². The summed E-state index contributed by atoms with van der Waals surface area (Å²) < 4.78 is 34.3. The van der Waals surface area contributed by atoms with Crippen LogP contribution in [0.15, 0.2) is 73.1 Å². The van der Waals surface area contributed by atoms with Gasteiger partial charge in [0.15, 0.2) is 6.10 Å². The number of quaternary nitrogens is 1. The van der Waals surface area contributed by atoms with E-state index in [1.165, 1.54) is 83.5 Å². The molecule has 0 spiro atoms. The molecule has 0 aromatic rings. The van der Waals surface area contributed by atoms with Crippen molar-refractivity contribution in [2.24, 2.45) is 0 Å². The first-order valence-electron chi connectivity index (χ1n) is 21.8. The Balaban J connectivity index is 4.42. The van der Waals surface area contributed by atoms with Gasteiger partial charge < -0.3 is 33.0 Å². The lowest BCUT2D eigenvalue weighted by Crippen LogP contribution is -2.37. The smallest absolute Gasteiger partial charge is 0.305 e. The molecule has 0 aliphatic heterocycles. The van der Waals surface area contributed by atoms with Crippen molar-refractivity contribution in [1.29, 1.82) is 0 Å². The largest absolute Gasteiger partial charge is 0.756 e. The molecule has 10 heteroatoms. The second-order valence-corrected chi connectivity index (χ2v) is 17.0. The van der Waals surface area contributed by atoms with Gasteiger partial charge in [0.2, 0.25) is 0 Å². The summed E-state index contributed by atoms with van der Waals surface area (Å²) >= 11 is 0. The quantitative estimate of drug-likeness (QED) is 0.0124. The molecule has 0 aromatic heterocycles. The van der Waals surface area contributed by atoms with E-state index >= 15 is 0 Å². The number of aliphatic hydroxyl groups is 1.